The summed E-state index contributed by atoms with van der Waals surface area (Å²) in [7, 11) is 0. The van der Waals surface area contributed by atoms with Gasteiger partial charge >= 0.3 is 5.97 Å². The molecule has 1 aliphatic rings. The maximum absolute atomic E-state index is 12.1. The molecular weight excluding hydrogens is 276 g/mol. The normalized spacial score (nSPS) is 13.8. The topological polar surface area (TPSA) is 77.0 Å². The molecule has 0 fully saturated rings. The number of hydrogen-bond acceptors (Lipinski definition) is 7. The smallest absolute Gasteiger partial charge is 0.357 e. The molecule has 2 aromatic rings. The minimum atomic E-state index is -0.397. The summed E-state index contributed by atoms with van der Waals surface area (Å²) in [5.41, 5.74) is 4.52. The number of aromatic nitrogens is 3. The first-order valence-corrected chi connectivity index (χ1v) is 7.40. The van der Waals surface area contributed by atoms with Crippen LogP contribution in [0.3, 0.4) is 0 Å². The Morgan fingerprint density at radius 2 is 2.40 bits per heavy atom. The van der Waals surface area contributed by atoms with Crippen molar-refractivity contribution in [2.24, 2.45) is 0 Å². The summed E-state index contributed by atoms with van der Waals surface area (Å²) >= 11 is 1.48. The number of nitrogens with zero attached hydrogens (tertiary/aromatic N) is 3. The fourth-order valence-electron chi connectivity index (χ4n) is 2.15. The number of carbonyl (C=O) groups excluding carboxylic acids is 1. The molecular formula is C13H14N4O2S. The third kappa shape index (κ3) is 2.41. The molecule has 0 aliphatic carbocycles. The summed E-state index contributed by atoms with van der Waals surface area (Å²) in [6.45, 7) is 3.56. The second kappa shape index (κ2) is 5.64. The van der Waals surface area contributed by atoms with Crippen LogP contribution in [0.25, 0.3) is 11.5 Å². The van der Waals surface area contributed by atoms with E-state index in [1.165, 1.54) is 11.3 Å². The molecule has 0 bridgehead atoms. The molecule has 0 atom stereocenters. The summed E-state index contributed by atoms with van der Waals surface area (Å²) in [4.78, 5) is 25.2. The van der Waals surface area contributed by atoms with Crippen LogP contribution in [0.1, 0.15) is 28.7 Å². The zero-order valence-corrected chi connectivity index (χ0v) is 11.9. The van der Waals surface area contributed by atoms with Gasteiger partial charge in [-0.2, -0.15) is 0 Å². The van der Waals surface area contributed by atoms with Crippen molar-refractivity contribution in [3.05, 3.63) is 27.8 Å². The lowest BCUT2D eigenvalue weighted by molar-refractivity contribution is 0.0517. The Kier molecular flexibility index (Phi) is 3.70. The lowest BCUT2D eigenvalue weighted by Crippen LogP contribution is -2.28. The highest BCUT2D eigenvalue weighted by atomic mass is 32.1. The van der Waals surface area contributed by atoms with Crippen molar-refractivity contribution < 1.29 is 9.53 Å². The highest BCUT2D eigenvalue weighted by Gasteiger charge is 2.23. The van der Waals surface area contributed by atoms with Gasteiger partial charge in [0.2, 0.25) is 0 Å². The van der Waals surface area contributed by atoms with Crippen LogP contribution >= 0.6 is 11.3 Å². The fourth-order valence-corrected chi connectivity index (χ4v) is 2.68. The minimum absolute atomic E-state index is 0.330. The maximum Gasteiger partial charge on any atom is 0.357 e. The molecule has 0 saturated carbocycles. The van der Waals surface area contributed by atoms with Crippen LogP contribution in [0.5, 0.6) is 0 Å². The minimum Gasteiger partial charge on any atom is -0.461 e. The zero-order chi connectivity index (χ0) is 13.9. The second-order valence-electron chi connectivity index (χ2n) is 4.34. The van der Waals surface area contributed by atoms with Crippen molar-refractivity contribution in [2.75, 3.05) is 13.2 Å². The monoisotopic (exact) mass is 290 g/mol. The van der Waals surface area contributed by atoms with Gasteiger partial charge < -0.3 is 10.1 Å². The molecule has 0 saturated heterocycles. The van der Waals surface area contributed by atoms with E-state index in [0.717, 1.165) is 24.2 Å². The van der Waals surface area contributed by atoms with Crippen molar-refractivity contribution >= 4 is 17.3 Å². The number of hydrogen-bond donors (Lipinski definition) is 1. The first-order valence-electron chi connectivity index (χ1n) is 6.45. The van der Waals surface area contributed by atoms with Crippen LogP contribution in [0.15, 0.2) is 10.9 Å². The van der Waals surface area contributed by atoms with E-state index in [2.05, 4.69) is 20.3 Å². The quantitative estimate of drug-likeness (QED) is 0.862. The molecule has 104 valence electrons. The fraction of sp³-hybridized carbons (Fsp3) is 0.385. The summed E-state index contributed by atoms with van der Waals surface area (Å²) < 4.78 is 5.09. The molecule has 3 heterocycles. The van der Waals surface area contributed by atoms with E-state index >= 15 is 0 Å². The Hall–Kier alpha value is -1.86. The van der Waals surface area contributed by atoms with Crippen molar-refractivity contribution in [1.82, 2.24) is 20.3 Å². The molecule has 6 nitrogen and oxygen atoms in total. The first-order chi connectivity index (χ1) is 9.79. The Bertz CT molecular complexity index is 628. The van der Waals surface area contributed by atoms with E-state index in [-0.39, 0.29) is 0 Å². The van der Waals surface area contributed by atoms with Gasteiger partial charge in [0.1, 0.15) is 5.69 Å². The van der Waals surface area contributed by atoms with E-state index in [1.54, 1.807) is 12.4 Å². The predicted molar refractivity (Wildman–Crippen MR) is 74.5 cm³/mol. The lowest BCUT2D eigenvalue weighted by atomic mass is 10.0. The third-order valence-corrected chi connectivity index (χ3v) is 3.65. The summed E-state index contributed by atoms with van der Waals surface area (Å²) in [5, 5.41) is 5.10. The van der Waals surface area contributed by atoms with Gasteiger partial charge in [-0.05, 0) is 6.92 Å². The molecule has 0 radical (unpaired) electrons. The molecule has 0 aromatic carbocycles. The molecule has 0 spiro atoms. The van der Waals surface area contributed by atoms with Gasteiger partial charge in [0, 0.05) is 30.5 Å². The lowest BCUT2D eigenvalue weighted by Gasteiger charge is -2.18. The molecule has 2 aromatic heterocycles. The molecule has 0 unspecified atom stereocenters. The van der Waals surface area contributed by atoms with E-state index in [1.807, 2.05) is 5.38 Å². The number of nitrogens with one attached hydrogen (secondary N) is 1. The Labute approximate surface area is 120 Å². The molecule has 7 heteroatoms. The van der Waals surface area contributed by atoms with Gasteiger partial charge in [0.25, 0.3) is 0 Å². The van der Waals surface area contributed by atoms with Gasteiger partial charge in [-0.3, -0.25) is 0 Å². The van der Waals surface area contributed by atoms with Crippen molar-refractivity contribution in [3.63, 3.8) is 0 Å². The average molecular weight is 290 g/mol. The largest absolute Gasteiger partial charge is 0.461 e. The van der Waals surface area contributed by atoms with Crippen LogP contribution < -0.4 is 5.32 Å². The van der Waals surface area contributed by atoms with Crippen LogP contribution in [0.2, 0.25) is 0 Å². The van der Waals surface area contributed by atoms with E-state index in [9.17, 15) is 4.79 Å². The highest BCUT2D eigenvalue weighted by Crippen LogP contribution is 2.22. The van der Waals surface area contributed by atoms with Crippen LogP contribution in [0.4, 0.5) is 0 Å². The van der Waals surface area contributed by atoms with Crippen molar-refractivity contribution in [1.29, 1.82) is 0 Å². The third-order valence-electron chi connectivity index (χ3n) is 3.06. The SMILES string of the molecule is CCOC(=O)c1nc(-c2cscn2)nc2c1CNCC2. The molecule has 20 heavy (non-hydrogen) atoms. The molecule has 1 N–H and O–H groups in total. The Morgan fingerprint density at radius 1 is 1.50 bits per heavy atom. The van der Waals surface area contributed by atoms with Crippen LogP contribution in [-0.2, 0) is 17.7 Å². The van der Waals surface area contributed by atoms with E-state index < -0.39 is 5.97 Å². The van der Waals surface area contributed by atoms with E-state index in [0.29, 0.717) is 30.4 Å². The number of ether oxygens (including phenoxy) is 1. The molecule has 0 amide bonds. The van der Waals surface area contributed by atoms with Crippen LogP contribution in [0, 0.1) is 0 Å². The number of rotatable bonds is 3. The summed E-state index contributed by atoms with van der Waals surface area (Å²) in [5.74, 6) is 0.0984. The second-order valence-corrected chi connectivity index (χ2v) is 5.06. The van der Waals surface area contributed by atoms with Crippen LogP contribution in [-0.4, -0.2) is 34.1 Å². The van der Waals surface area contributed by atoms with Gasteiger partial charge in [-0.15, -0.1) is 11.3 Å². The summed E-state index contributed by atoms with van der Waals surface area (Å²) in [6, 6.07) is 0. The van der Waals surface area contributed by atoms with Gasteiger partial charge in [-0.25, -0.2) is 19.7 Å². The Morgan fingerprint density at radius 3 is 3.15 bits per heavy atom. The number of carbonyl (C=O) groups is 1. The molecule has 3 rings (SSSR count). The van der Waals surface area contributed by atoms with Gasteiger partial charge in [0.05, 0.1) is 17.8 Å². The average Bonchev–Trinajstić information content (AvgIpc) is 3.00. The van der Waals surface area contributed by atoms with Gasteiger partial charge in [0.15, 0.2) is 11.5 Å². The predicted octanol–water partition coefficient (Wildman–Crippen LogP) is 1.42. The standard InChI is InChI=1S/C13H14N4O2S/c1-2-19-13(18)11-8-5-14-4-3-9(8)16-12(17-11)10-6-20-7-15-10/h6-7,14H,2-5H2,1H3. The number of esters is 1. The van der Waals surface area contributed by atoms with Crippen molar-refractivity contribution in [3.8, 4) is 11.5 Å². The number of fused-ring (bicyclic) bond motifs is 1. The highest BCUT2D eigenvalue weighted by molar-refractivity contribution is 7.07. The van der Waals surface area contributed by atoms with Crippen molar-refractivity contribution in [2.45, 2.75) is 19.9 Å². The summed E-state index contributed by atoms with van der Waals surface area (Å²) in [6.07, 6.45) is 0.779. The van der Waals surface area contributed by atoms with E-state index in [4.69, 9.17) is 4.74 Å². The first kappa shape index (κ1) is 13.1. The zero-order valence-electron chi connectivity index (χ0n) is 11.0. The maximum atomic E-state index is 12.1. The van der Waals surface area contributed by atoms with Gasteiger partial charge in [-0.1, -0.05) is 0 Å². The molecule has 1 aliphatic heterocycles. The Balaban J connectivity index is 2.10. The number of thiazole rings is 1.